The van der Waals surface area contributed by atoms with Crippen molar-refractivity contribution in [1.82, 2.24) is 0 Å². The zero-order valence-corrected chi connectivity index (χ0v) is 9.84. The smallest absolute Gasteiger partial charge is 0.308 e. The van der Waals surface area contributed by atoms with Crippen molar-refractivity contribution in [3.8, 4) is 0 Å². The Labute approximate surface area is 88.0 Å². The Bertz CT molecular complexity index is 143. The number of rotatable bonds is 8. The Balaban J connectivity index is 3.42. The molecule has 0 heterocycles. The summed E-state index contributed by atoms with van der Waals surface area (Å²) in [5.74, 6) is 0.0572. The average molecular weight is 200 g/mol. The molecular weight excluding hydrogens is 176 g/mol. The maximum Gasteiger partial charge on any atom is 0.308 e. The normalized spacial score (nSPS) is 12.5. The van der Waals surface area contributed by atoms with Gasteiger partial charge in [-0.25, -0.2) is 0 Å². The first-order valence-corrected chi connectivity index (χ1v) is 5.89. The predicted octanol–water partition coefficient (Wildman–Crippen LogP) is 3.55. The maximum absolute atomic E-state index is 11.3. The first kappa shape index (κ1) is 13.5. The van der Waals surface area contributed by atoms with E-state index >= 15 is 0 Å². The van der Waals surface area contributed by atoms with Crippen molar-refractivity contribution < 1.29 is 9.53 Å². The van der Waals surface area contributed by atoms with Crippen molar-refractivity contribution in [2.24, 2.45) is 5.92 Å². The third-order valence-electron chi connectivity index (χ3n) is 2.34. The van der Waals surface area contributed by atoms with Crippen LogP contribution in [0.1, 0.15) is 59.3 Å². The minimum atomic E-state index is -0.0247. The van der Waals surface area contributed by atoms with Crippen molar-refractivity contribution in [2.45, 2.75) is 59.3 Å². The van der Waals surface area contributed by atoms with Gasteiger partial charge >= 0.3 is 5.97 Å². The fraction of sp³-hybridized carbons (Fsp3) is 0.917. The summed E-state index contributed by atoms with van der Waals surface area (Å²) in [6.07, 6.45) is 6.79. The van der Waals surface area contributed by atoms with Crippen LogP contribution in [0, 0.1) is 5.92 Å². The van der Waals surface area contributed by atoms with E-state index in [2.05, 4.69) is 6.92 Å². The molecule has 0 rings (SSSR count). The zero-order valence-electron chi connectivity index (χ0n) is 9.84. The quantitative estimate of drug-likeness (QED) is 0.442. The highest BCUT2D eigenvalue weighted by molar-refractivity contribution is 5.71. The molecule has 0 saturated heterocycles. The van der Waals surface area contributed by atoms with Gasteiger partial charge in [-0.1, -0.05) is 46.5 Å². The lowest BCUT2D eigenvalue weighted by molar-refractivity contribution is -0.148. The van der Waals surface area contributed by atoms with E-state index in [1.54, 1.807) is 0 Å². The van der Waals surface area contributed by atoms with Crippen molar-refractivity contribution in [1.29, 1.82) is 0 Å². The number of hydrogen-bond donors (Lipinski definition) is 0. The van der Waals surface area contributed by atoms with Crippen LogP contribution in [0.2, 0.25) is 0 Å². The molecule has 0 fully saturated rings. The van der Waals surface area contributed by atoms with Gasteiger partial charge in [0.05, 0.1) is 12.5 Å². The van der Waals surface area contributed by atoms with E-state index in [0.29, 0.717) is 6.61 Å². The molecule has 0 aliphatic rings. The lowest BCUT2D eigenvalue weighted by atomic mass is 10.0. The third kappa shape index (κ3) is 6.93. The number of unbranched alkanes of at least 4 members (excludes halogenated alkanes) is 3. The fourth-order valence-corrected chi connectivity index (χ4v) is 1.34. The minimum absolute atomic E-state index is 0.0247. The molecule has 14 heavy (non-hydrogen) atoms. The van der Waals surface area contributed by atoms with Crippen molar-refractivity contribution >= 4 is 5.97 Å². The first-order valence-electron chi connectivity index (χ1n) is 5.89. The minimum Gasteiger partial charge on any atom is -0.465 e. The van der Waals surface area contributed by atoms with Crippen LogP contribution in [0.25, 0.3) is 0 Å². The van der Waals surface area contributed by atoms with Gasteiger partial charge in [-0.3, -0.25) is 4.79 Å². The van der Waals surface area contributed by atoms with Crippen LogP contribution >= 0.6 is 0 Å². The van der Waals surface area contributed by atoms with E-state index in [0.717, 1.165) is 19.3 Å². The second-order valence-corrected chi connectivity index (χ2v) is 3.92. The molecule has 2 heteroatoms. The number of esters is 1. The van der Waals surface area contributed by atoms with Crippen molar-refractivity contribution in [3.05, 3.63) is 0 Å². The average Bonchev–Trinajstić information content (AvgIpc) is 2.20. The van der Waals surface area contributed by atoms with Gasteiger partial charge in [0.15, 0.2) is 0 Å². The highest BCUT2D eigenvalue weighted by Crippen LogP contribution is 2.11. The van der Waals surface area contributed by atoms with Crippen LogP contribution in [-0.4, -0.2) is 12.6 Å². The van der Waals surface area contributed by atoms with Gasteiger partial charge in [-0.15, -0.1) is 0 Å². The predicted molar refractivity (Wildman–Crippen MR) is 59.2 cm³/mol. The Morgan fingerprint density at radius 1 is 1.14 bits per heavy atom. The maximum atomic E-state index is 11.3. The SMILES string of the molecule is CCCCCCC(C)C(=O)OCCC. The fourth-order valence-electron chi connectivity index (χ4n) is 1.34. The summed E-state index contributed by atoms with van der Waals surface area (Å²) in [5, 5.41) is 0. The Kier molecular flexibility index (Phi) is 8.70. The molecular formula is C12H24O2. The monoisotopic (exact) mass is 200 g/mol. The van der Waals surface area contributed by atoms with Crippen molar-refractivity contribution in [2.75, 3.05) is 6.61 Å². The van der Waals surface area contributed by atoms with Gasteiger partial charge in [0, 0.05) is 0 Å². The number of carbonyl (C=O) groups is 1. The van der Waals surface area contributed by atoms with E-state index in [1.165, 1.54) is 19.3 Å². The lowest BCUT2D eigenvalue weighted by Crippen LogP contribution is -2.15. The van der Waals surface area contributed by atoms with E-state index in [-0.39, 0.29) is 11.9 Å². The van der Waals surface area contributed by atoms with Gasteiger partial charge < -0.3 is 4.74 Å². The molecule has 0 spiro atoms. The van der Waals surface area contributed by atoms with Gasteiger partial charge in [-0.05, 0) is 12.8 Å². The van der Waals surface area contributed by atoms with Crippen LogP contribution in [0.4, 0.5) is 0 Å². The summed E-state index contributed by atoms with van der Waals surface area (Å²) < 4.78 is 5.07. The summed E-state index contributed by atoms with van der Waals surface area (Å²) in [7, 11) is 0. The molecule has 0 radical (unpaired) electrons. The van der Waals surface area contributed by atoms with Crippen LogP contribution in [0.15, 0.2) is 0 Å². The van der Waals surface area contributed by atoms with E-state index in [4.69, 9.17) is 4.74 Å². The second-order valence-electron chi connectivity index (χ2n) is 3.92. The highest BCUT2D eigenvalue weighted by Gasteiger charge is 2.12. The van der Waals surface area contributed by atoms with Gasteiger partial charge in [-0.2, -0.15) is 0 Å². The molecule has 1 unspecified atom stereocenters. The molecule has 1 atom stereocenters. The number of hydrogen-bond acceptors (Lipinski definition) is 2. The van der Waals surface area contributed by atoms with Gasteiger partial charge in [0.25, 0.3) is 0 Å². The standard InChI is InChI=1S/C12H24O2/c1-4-6-7-8-9-11(3)12(13)14-10-5-2/h11H,4-10H2,1-3H3. The summed E-state index contributed by atoms with van der Waals surface area (Å²) in [4.78, 5) is 11.3. The molecule has 0 N–H and O–H groups in total. The number of carbonyl (C=O) groups excluding carboxylic acids is 1. The van der Waals surface area contributed by atoms with Gasteiger partial charge in [0.1, 0.15) is 0 Å². The molecule has 2 nitrogen and oxygen atoms in total. The molecule has 84 valence electrons. The van der Waals surface area contributed by atoms with E-state index < -0.39 is 0 Å². The molecule has 0 bridgehead atoms. The summed E-state index contributed by atoms with van der Waals surface area (Å²) >= 11 is 0. The van der Waals surface area contributed by atoms with E-state index in [9.17, 15) is 4.79 Å². The molecule has 0 aromatic heterocycles. The zero-order chi connectivity index (χ0) is 10.8. The molecule has 0 aromatic rings. The number of ether oxygens (including phenoxy) is 1. The topological polar surface area (TPSA) is 26.3 Å². The van der Waals surface area contributed by atoms with Crippen LogP contribution in [0.3, 0.4) is 0 Å². The van der Waals surface area contributed by atoms with Crippen LogP contribution < -0.4 is 0 Å². The molecule has 0 aliphatic heterocycles. The summed E-state index contributed by atoms with van der Waals surface area (Å²) in [5.41, 5.74) is 0. The second kappa shape index (κ2) is 9.04. The largest absolute Gasteiger partial charge is 0.465 e. The summed E-state index contributed by atoms with van der Waals surface area (Å²) in [6, 6.07) is 0. The molecule has 0 saturated carbocycles. The third-order valence-corrected chi connectivity index (χ3v) is 2.34. The van der Waals surface area contributed by atoms with E-state index in [1.807, 2.05) is 13.8 Å². The molecule has 0 aliphatic carbocycles. The lowest BCUT2D eigenvalue weighted by Gasteiger charge is -2.10. The summed E-state index contributed by atoms with van der Waals surface area (Å²) in [6.45, 7) is 6.74. The Morgan fingerprint density at radius 2 is 1.86 bits per heavy atom. The molecule has 0 aromatic carbocycles. The van der Waals surface area contributed by atoms with Gasteiger partial charge in [0.2, 0.25) is 0 Å². The highest BCUT2D eigenvalue weighted by atomic mass is 16.5. The van der Waals surface area contributed by atoms with Crippen molar-refractivity contribution in [3.63, 3.8) is 0 Å². The Hall–Kier alpha value is -0.530. The van der Waals surface area contributed by atoms with Crippen LogP contribution in [0.5, 0.6) is 0 Å². The Morgan fingerprint density at radius 3 is 2.43 bits per heavy atom. The van der Waals surface area contributed by atoms with Crippen LogP contribution in [-0.2, 0) is 9.53 Å². The molecule has 0 amide bonds. The first-order chi connectivity index (χ1) is 6.72.